The van der Waals surface area contributed by atoms with Crippen molar-refractivity contribution in [3.05, 3.63) is 66.2 Å². The minimum atomic E-state index is -1.26. The summed E-state index contributed by atoms with van der Waals surface area (Å²) in [6.07, 6.45) is 0.346. The molecular weight excluding hydrogens is 368 g/mol. The van der Waals surface area contributed by atoms with E-state index in [0.29, 0.717) is 19.4 Å². The van der Waals surface area contributed by atoms with E-state index in [-0.39, 0.29) is 19.1 Å². The second kappa shape index (κ2) is 9.09. The third-order valence-electron chi connectivity index (χ3n) is 5.28. The Morgan fingerprint density at radius 1 is 1.14 bits per heavy atom. The van der Waals surface area contributed by atoms with Gasteiger partial charge in [0.15, 0.2) is 0 Å². The molecule has 1 heterocycles. The summed E-state index contributed by atoms with van der Waals surface area (Å²) in [6.45, 7) is 4.18. The molecule has 0 bridgehead atoms. The lowest BCUT2D eigenvalue weighted by Crippen LogP contribution is -2.63. The summed E-state index contributed by atoms with van der Waals surface area (Å²) in [5.41, 5.74) is 0.404. The predicted molar refractivity (Wildman–Crippen MR) is 111 cm³/mol. The fraction of sp³-hybridized carbons (Fsp3) is 0.391. The topological polar surface area (TPSA) is 70.1 Å². The Hall–Kier alpha value is -2.86. The van der Waals surface area contributed by atoms with E-state index in [2.05, 4.69) is 0 Å². The number of aliphatic hydroxyl groups is 1. The van der Waals surface area contributed by atoms with Crippen molar-refractivity contribution in [3.63, 3.8) is 0 Å². The Balaban J connectivity index is 1.70. The molecule has 0 aliphatic carbocycles. The van der Waals surface area contributed by atoms with Gasteiger partial charge in [0, 0.05) is 18.7 Å². The number of carbonyl (C=O) groups excluding carboxylic acids is 2. The average Bonchev–Trinajstić information content (AvgIpc) is 2.74. The highest BCUT2D eigenvalue weighted by atomic mass is 16.6. The Morgan fingerprint density at radius 2 is 1.76 bits per heavy atom. The minimum Gasteiger partial charge on any atom is -0.445 e. The fourth-order valence-electron chi connectivity index (χ4n) is 3.79. The van der Waals surface area contributed by atoms with E-state index in [9.17, 15) is 14.7 Å². The summed E-state index contributed by atoms with van der Waals surface area (Å²) in [5.74, 6) is -0.0541. The van der Waals surface area contributed by atoms with Gasteiger partial charge < -0.3 is 19.6 Å². The zero-order valence-corrected chi connectivity index (χ0v) is 17.0. The highest BCUT2D eigenvalue weighted by molar-refractivity contribution is 5.94. The van der Waals surface area contributed by atoms with Crippen molar-refractivity contribution in [2.45, 2.75) is 44.9 Å². The molecule has 2 atom stereocenters. The Bertz CT molecular complexity index is 823. The minimum absolute atomic E-state index is 0.0541. The van der Waals surface area contributed by atoms with Crippen LogP contribution in [0.2, 0.25) is 0 Å². The number of nitrogens with zero attached hydrogens (tertiary/aromatic N) is 2. The normalized spacial score (nSPS) is 21.5. The first kappa shape index (κ1) is 20.9. The van der Waals surface area contributed by atoms with Crippen LogP contribution in [0.4, 0.5) is 10.5 Å². The van der Waals surface area contributed by atoms with Crippen molar-refractivity contribution in [2.75, 3.05) is 18.0 Å². The van der Waals surface area contributed by atoms with Crippen LogP contribution in [-0.4, -0.2) is 46.7 Å². The SMILES string of the molecule is CCC(=O)N(c1ccccc1)[C@H]1CCN(C(=O)OCc2ccccc2)C[C@]1(C)O. The van der Waals surface area contributed by atoms with Crippen LogP contribution < -0.4 is 4.90 Å². The molecule has 0 aromatic heterocycles. The fourth-order valence-corrected chi connectivity index (χ4v) is 3.79. The van der Waals surface area contributed by atoms with Crippen LogP contribution in [0.1, 0.15) is 32.3 Å². The molecular formula is C23H28N2O4. The second-order valence-corrected chi connectivity index (χ2v) is 7.58. The Labute approximate surface area is 171 Å². The van der Waals surface area contributed by atoms with Gasteiger partial charge in [-0.25, -0.2) is 4.79 Å². The van der Waals surface area contributed by atoms with Gasteiger partial charge in [0.1, 0.15) is 12.2 Å². The van der Waals surface area contributed by atoms with Gasteiger partial charge in [-0.2, -0.15) is 0 Å². The first-order chi connectivity index (χ1) is 13.9. The smallest absolute Gasteiger partial charge is 0.410 e. The highest BCUT2D eigenvalue weighted by Gasteiger charge is 2.44. The number of hydrogen-bond donors (Lipinski definition) is 1. The lowest BCUT2D eigenvalue weighted by Gasteiger charge is -2.47. The number of carbonyl (C=O) groups is 2. The molecule has 1 saturated heterocycles. The van der Waals surface area contributed by atoms with E-state index in [4.69, 9.17) is 4.74 Å². The summed E-state index contributed by atoms with van der Waals surface area (Å²) in [4.78, 5) is 28.4. The van der Waals surface area contributed by atoms with E-state index in [0.717, 1.165) is 11.3 Å². The number of piperidine rings is 1. The van der Waals surface area contributed by atoms with E-state index in [1.807, 2.05) is 67.6 Å². The predicted octanol–water partition coefficient (Wildman–Crippen LogP) is 3.59. The van der Waals surface area contributed by atoms with Gasteiger partial charge in [0.2, 0.25) is 5.91 Å². The lowest BCUT2D eigenvalue weighted by molar-refractivity contribution is -0.121. The van der Waals surface area contributed by atoms with E-state index >= 15 is 0 Å². The zero-order valence-electron chi connectivity index (χ0n) is 17.0. The van der Waals surface area contributed by atoms with Gasteiger partial charge >= 0.3 is 6.09 Å². The van der Waals surface area contributed by atoms with Gasteiger partial charge in [-0.05, 0) is 31.0 Å². The van der Waals surface area contributed by atoms with Crippen LogP contribution in [0.3, 0.4) is 0 Å². The maximum absolute atomic E-state index is 12.7. The van der Waals surface area contributed by atoms with Crippen molar-refractivity contribution in [3.8, 4) is 0 Å². The van der Waals surface area contributed by atoms with E-state index < -0.39 is 17.7 Å². The summed E-state index contributed by atoms with van der Waals surface area (Å²) < 4.78 is 5.41. The molecule has 6 nitrogen and oxygen atoms in total. The van der Waals surface area contributed by atoms with Crippen LogP contribution >= 0.6 is 0 Å². The van der Waals surface area contributed by atoms with E-state index in [1.54, 1.807) is 11.8 Å². The van der Waals surface area contributed by atoms with Crippen LogP contribution in [0, 0.1) is 0 Å². The molecule has 1 fully saturated rings. The van der Waals surface area contributed by atoms with Crippen LogP contribution in [0.5, 0.6) is 0 Å². The van der Waals surface area contributed by atoms with Crippen molar-refractivity contribution in [1.29, 1.82) is 0 Å². The van der Waals surface area contributed by atoms with Gasteiger partial charge in [-0.1, -0.05) is 55.5 Å². The Morgan fingerprint density at radius 3 is 2.34 bits per heavy atom. The van der Waals surface area contributed by atoms with Crippen LogP contribution in [0.25, 0.3) is 0 Å². The summed E-state index contributed by atoms with van der Waals surface area (Å²) in [5, 5.41) is 11.2. The number of amides is 2. The maximum atomic E-state index is 12.7. The molecule has 29 heavy (non-hydrogen) atoms. The molecule has 0 radical (unpaired) electrons. The number of anilines is 1. The molecule has 154 valence electrons. The zero-order chi connectivity index (χ0) is 20.9. The van der Waals surface area contributed by atoms with Crippen LogP contribution in [0.15, 0.2) is 60.7 Å². The number of benzene rings is 2. The summed E-state index contributed by atoms with van der Waals surface area (Å²) in [6, 6.07) is 18.4. The van der Waals surface area contributed by atoms with Gasteiger partial charge in [0.25, 0.3) is 0 Å². The molecule has 3 rings (SSSR count). The van der Waals surface area contributed by atoms with Crippen molar-refractivity contribution in [2.24, 2.45) is 0 Å². The molecule has 0 saturated carbocycles. The highest BCUT2D eigenvalue weighted by Crippen LogP contribution is 2.31. The molecule has 2 aromatic rings. The van der Waals surface area contributed by atoms with Crippen molar-refractivity contribution in [1.82, 2.24) is 4.90 Å². The monoisotopic (exact) mass is 396 g/mol. The summed E-state index contributed by atoms with van der Waals surface area (Å²) in [7, 11) is 0. The van der Waals surface area contributed by atoms with Crippen LogP contribution in [-0.2, 0) is 16.1 Å². The number of para-hydroxylation sites is 1. The average molecular weight is 396 g/mol. The second-order valence-electron chi connectivity index (χ2n) is 7.58. The third kappa shape index (κ3) is 4.95. The van der Waals surface area contributed by atoms with Gasteiger partial charge in [0.05, 0.1) is 12.6 Å². The van der Waals surface area contributed by atoms with Crippen molar-refractivity contribution >= 4 is 17.7 Å². The Kier molecular flexibility index (Phi) is 6.54. The number of β-amino-alcohol motifs (C(OH)–C–C–N with tert-alkyl or cyclic N) is 1. The van der Waals surface area contributed by atoms with Gasteiger partial charge in [-0.3, -0.25) is 4.79 Å². The van der Waals surface area contributed by atoms with Crippen molar-refractivity contribution < 1.29 is 19.4 Å². The van der Waals surface area contributed by atoms with E-state index in [1.165, 1.54) is 4.90 Å². The molecule has 1 N–H and O–H groups in total. The number of hydrogen-bond acceptors (Lipinski definition) is 4. The molecule has 0 spiro atoms. The quantitative estimate of drug-likeness (QED) is 0.839. The molecule has 0 unspecified atom stereocenters. The maximum Gasteiger partial charge on any atom is 0.410 e. The standard InChI is InChI=1S/C23H28N2O4/c1-3-21(26)25(19-12-8-5-9-13-19)20-14-15-24(17-23(20,2)28)22(27)29-16-18-10-6-4-7-11-18/h4-13,20,28H,3,14-17H2,1-2H3/t20-,23-/m0/s1. The number of ether oxygens (including phenoxy) is 1. The third-order valence-corrected chi connectivity index (χ3v) is 5.28. The largest absolute Gasteiger partial charge is 0.445 e. The van der Waals surface area contributed by atoms with Gasteiger partial charge in [-0.15, -0.1) is 0 Å². The first-order valence-electron chi connectivity index (χ1n) is 9.97. The summed E-state index contributed by atoms with van der Waals surface area (Å²) >= 11 is 0. The first-order valence-corrected chi connectivity index (χ1v) is 9.97. The number of rotatable bonds is 5. The molecule has 2 aromatic carbocycles. The molecule has 1 aliphatic heterocycles. The number of likely N-dealkylation sites (tertiary alicyclic amines) is 1. The molecule has 2 amide bonds. The molecule has 6 heteroatoms. The lowest BCUT2D eigenvalue weighted by atomic mass is 9.87. The molecule has 1 aliphatic rings.